The molecule has 0 atom stereocenters. The number of hydrogen-bond acceptors (Lipinski definition) is 6. The normalized spacial score (nSPS) is 11.1. The van der Waals surface area contributed by atoms with Crippen molar-refractivity contribution in [3.63, 3.8) is 0 Å². The number of carbonyl (C=O) groups excluding carboxylic acids is 2. The number of esters is 1. The van der Waals surface area contributed by atoms with Crippen LogP contribution >= 0.6 is 22.9 Å². The van der Waals surface area contributed by atoms with Crippen LogP contribution in [0.15, 0.2) is 0 Å². The molecule has 0 fully saturated rings. The van der Waals surface area contributed by atoms with Crippen molar-refractivity contribution in [3.8, 4) is 0 Å². The van der Waals surface area contributed by atoms with Gasteiger partial charge in [0.25, 0.3) is 0 Å². The summed E-state index contributed by atoms with van der Waals surface area (Å²) in [4.78, 5) is 27.2. The topological polar surface area (TPSA) is 80.3 Å². The second-order valence-electron chi connectivity index (χ2n) is 5.11. The lowest BCUT2D eigenvalue weighted by Gasteiger charge is -2.20. The minimum Gasteiger partial charge on any atom is -0.465 e. The maximum atomic E-state index is 11.6. The molecule has 0 aliphatic rings. The lowest BCUT2D eigenvalue weighted by atomic mass is 10.1. The van der Waals surface area contributed by atoms with E-state index in [2.05, 4.69) is 20.4 Å². The molecular formula is C12H18ClN3O3S. The molecule has 1 aromatic heterocycles. The first-order chi connectivity index (χ1) is 9.23. The minimum atomic E-state index is -0.522. The van der Waals surface area contributed by atoms with Gasteiger partial charge in [0, 0.05) is 18.5 Å². The zero-order chi connectivity index (χ0) is 15.3. The van der Waals surface area contributed by atoms with Crippen LogP contribution in [0.5, 0.6) is 0 Å². The molecule has 8 heteroatoms. The first kappa shape index (κ1) is 16.7. The molecule has 0 aliphatic heterocycles. The summed E-state index contributed by atoms with van der Waals surface area (Å²) in [5.41, 5.74) is -0.250. The quantitative estimate of drug-likeness (QED) is 0.814. The first-order valence-corrected chi connectivity index (χ1v) is 7.22. The summed E-state index contributed by atoms with van der Waals surface area (Å²) in [5.74, 6) is -0.577. The zero-order valence-electron chi connectivity index (χ0n) is 11.9. The van der Waals surface area contributed by atoms with Crippen LogP contribution in [0.25, 0.3) is 0 Å². The molecule has 0 radical (unpaired) electrons. The summed E-state index contributed by atoms with van der Waals surface area (Å²) < 4.78 is 4.58. The number of aromatic nitrogens is 1. The van der Waals surface area contributed by atoms with E-state index in [9.17, 15) is 9.59 Å². The highest BCUT2D eigenvalue weighted by Crippen LogP contribution is 2.27. The van der Waals surface area contributed by atoms with Gasteiger partial charge in [0.1, 0.15) is 0 Å². The third-order valence-corrected chi connectivity index (χ3v) is 3.48. The van der Waals surface area contributed by atoms with Gasteiger partial charge in [0.2, 0.25) is 5.91 Å². The van der Waals surface area contributed by atoms with Crippen molar-refractivity contribution in [3.05, 3.63) is 10.0 Å². The Morgan fingerprint density at radius 2 is 2.05 bits per heavy atom. The van der Waals surface area contributed by atoms with E-state index in [0.29, 0.717) is 18.1 Å². The van der Waals surface area contributed by atoms with Crippen LogP contribution < -0.4 is 10.6 Å². The number of methoxy groups -OCH3 is 1. The van der Waals surface area contributed by atoms with Gasteiger partial charge in [-0.05, 0) is 20.8 Å². The third-order valence-electron chi connectivity index (χ3n) is 2.10. The number of carbonyl (C=O) groups is 2. The maximum Gasteiger partial charge on any atom is 0.351 e. The van der Waals surface area contributed by atoms with Crippen LogP contribution in [-0.4, -0.2) is 36.1 Å². The summed E-state index contributed by atoms with van der Waals surface area (Å²) in [6, 6.07) is 0. The number of rotatable bonds is 5. The molecule has 0 saturated carbocycles. The average Bonchev–Trinajstić information content (AvgIpc) is 2.67. The molecule has 20 heavy (non-hydrogen) atoms. The molecule has 0 aromatic carbocycles. The van der Waals surface area contributed by atoms with E-state index in [4.69, 9.17) is 11.6 Å². The summed E-state index contributed by atoms with van der Waals surface area (Å²) in [5, 5.41) is 6.39. The Balaban J connectivity index is 2.47. The largest absolute Gasteiger partial charge is 0.465 e. The summed E-state index contributed by atoms with van der Waals surface area (Å²) in [7, 11) is 1.28. The fraction of sp³-hybridized carbons (Fsp3) is 0.583. The molecule has 0 spiro atoms. The van der Waals surface area contributed by atoms with E-state index in [0.717, 1.165) is 11.3 Å². The molecule has 0 bridgehead atoms. The molecule has 1 heterocycles. The Bertz CT molecular complexity index is 497. The van der Waals surface area contributed by atoms with Crippen LogP contribution in [0.2, 0.25) is 5.15 Å². The van der Waals surface area contributed by atoms with Crippen molar-refractivity contribution in [2.24, 2.45) is 0 Å². The number of thiazole rings is 1. The van der Waals surface area contributed by atoms with E-state index >= 15 is 0 Å². The predicted molar refractivity (Wildman–Crippen MR) is 79.5 cm³/mol. The Morgan fingerprint density at radius 1 is 1.40 bits per heavy atom. The van der Waals surface area contributed by atoms with Gasteiger partial charge < -0.3 is 15.4 Å². The number of nitrogens with one attached hydrogen (secondary N) is 2. The molecular weight excluding hydrogens is 302 g/mol. The SMILES string of the molecule is COC(=O)c1sc(NCCC(=O)NC(C)(C)C)nc1Cl. The Kier molecular flexibility index (Phi) is 5.76. The van der Waals surface area contributed by atoms with Crippen LogP contribution in [0.3, 0.4) is 0 Å². The minimum absolute atomic E-state index is 0.0548. The second kappa shape index (κ2) is 6.90. The second-order valence-corrected chi connectivity index (χ2v) is 6.46. The number of nitrogens with zero attached hydrogens (tertiary/aromatic N) is 1. The maximum absolute atomic E-state index is 11.6. The highest BCUT2D eigenvalue weighted by atomic mass is 35.5. The van der Waals surface area contributed by atoms with E-state index in [-0.39, 0.29) is 21.5 Å². The van der Waals surface area contributed by atoms with Crippen molar-refractivity contribution in [1.82, 2.24) is 10.3 Å². The van der Waals surface area contributed by atoms with Gasteiger partial charge in [-0.15, -0.1) is 0 Å². The Hall–Kier alpha value is -1.34. The molecule has 1 amide bonds. The Morgan fingerprint density at radius 3 is 2.60 bits per heavy atom. The van der Waals surface area contributed by atoms with E-state index in [1.54, 1.807) is 0 Å². The molecule has 2 N–H and O–H groups in total. The summed E-state index contributed by atoms with van der Waals surface area (Å²) >= 11 is 6.92. The van der Waals surface area contributed by atoms with Gasteiger partial charge in [0.15, 0.2) is 15.2 Å². The fourth-order valence-corrected chi connectivity index (χ4v) is 2.49. The van der Waals surface area contributed by atoms with Gasteiger partial charge in [-0.1, -0.05) is 22.9 Å². The summed E-state index contributed by atoms with van der Waals surface area (Å²) in [6.45, 7) is 6.16. The zero-order valence-corrected chi connectivity index (χ0v) is 13.4. The molecule has 0 aliphatic carbocycles. The van der Waals surface area contributed by atoms with Crippen molar-refractivity contribution < 1.29 is 14.3 Å². The van der Waals surface area contributed by atoms with Gasteiger partial charge in [-0.2, -0.15) is 0 Å². The van der Waals surface area contributed by atoms with Gasteiger partial charge in [-0.25, -0.2) is 9.78 Å². The van der Waals surface area contributed by atoms with E-state index in [1.165, 1.54) is 7.11 Å². The van der Waals surface area contributed by atoms with Crippen LogP contribution in [0.4, 0.5) is 5.13 Å². The van der Waals surface area contributed by atoms with Crippen molar-refractivity contribution >= 4 is 39.9 Å². The average molecular weight is 320 g/mol. The molecule has 1 aromatic rings. The van der Waals surface area contributed by atoms with Crippen LogP contribution in [-0.2, 0) is 9.53 Å². The van der Waals surface area contributed by atoms with Gasteiger partial charge in [0.05, 0.1) is 7.11 Å². The van der Waals surface area contributed by atoms with Crippen LogP contribution in [0.1, 0.15) is 36.9 Å². The lowest BCUT2D eigenvalue weighted by molar-refractivity contribution is -0.122. The van der Waals surface area contributed by atoms with Crippen molar-refractivity contribution in [2.75, 3.05) is 19.0 Å². The third kappa shape index (κ3) is 5.34. The molecule has 112 valence electrons. The number of amides is 1. The van der Waals surface area contributed by atoms with Crippen LogP contribution in [0, 0.1) is 0 Å². The number of hydrogen-bond donors (Lipinski definition) is 2. The highest BCUT2D eigenvalue weighted by Gasteiger charge is 2.17. The number of anilines is 1. The molecule has 0 unspecified atom stereocenters. The predicted octanol–water partition coefficient (Wildman–Crippen LogP) is 2.30. The monoisotopic (exact) mass is 319 g/mol. The van der Waals surface area contributed by atoms with Crippen molar-refractivity contribution in [1.29, 1.82) is 0 Å². The first-order valence-electron chi connectivity index (χ1n) is 6.02. The molecule has 1 rings (SSSR count). The highest BCUT2D eigenvalue weighted by molar-refractivity contribution is 7.18. The van der Waals surface area contributed by atoms with Gasteiger partial charge >= 0.3 is 5.97 Å². The lowest BCUT2D eigenvalue weighted by Crippen LogP contribution is -2.41. The standard InChI is InChI=1S/C12H18ClN3O3S/c1-12(2,3)16-7(17)5-6-14-11-15-9(13)8(20-11)10(18)19-4/h5-6H2,1-4H3,(H,14,15)(H,16,17). The Labute approximate surface area is 126 Å². The molecule has 0 saturated heterocycles. The number of halogens is 1. The van der Waals surface area contributed by atoms with Crippen molar-refractivity contribution in [2.45, 2.75) is 32.7 Å². The summed E-state index contributed by atoms with van der Waals surface area (Å²) in [6.07, 6.45) is 0.308. The fourth-order valence-electron chi connectivity index (χ4n) is 1.36. The van der Waals surface area contributed by atoms with E-state index in [1.807, 2.05) is 20.8 Å². The van der Waals surface area contributed by atoms with E-state index < -0.39 is 5.97 Å². The van der Waals surface area contributed by atoms with Gasteiger partial charge in [-0.3, -0.25) is 4.79 Å². The smallest absolute Gasteiger partial charge is 0.351 e. The molecule has 6 nitrogen and oxygen atoms in total. The number of ether oxygens (including phenoxy) is 1.